The second-order valence-electron chi connectivity index (χ2n) is 12.4. The first-order valence-corrected chi connectivity index (χ1v) is 16.9. The topological polar surface area (TPSA) is 38.7 Å². The van der Waals surface area contributed by atoms with Crippen LogP contribution in [0.3, 0.4) is 0 Å². The highest BCUT2D eigenvalue weighted by Gasteiger charge is 2.17. The van der Waals surface area contributed by atoms with Crippen LogP contribution in [-0.2, 0) is 0 Å². The van der Waals surface area contributed by atoms with Gasteiger partial charge in [-0.05, 0) is 73.1 Å². The zero-order valence-electron chi connectivity index (χ0n) is 27.2. The van der Waals surface area contributed by atoms with Crippen molar-refractivity contribution in [2.24, 2.45) is 0 Å². The summed E-state index contributed by atoms with van der Waals surface area (Å²) in [5.74, 6) is 0.697. The van der Waals surface area contributed by atoms with Gasteiger partial charge < -0.3 is 0 Å². The summed E-state index contributed by atoms with van der Waals surface area (Å²) < 4.78 is 0. The number of rotatable bonds is 6. The standard InChI is InChI=1S/C47H31N3/c1-3-13-34(14-4-1)45-39-20-7-9-22-41(39)46(42-23-10-8-21-40(42)45)37-18-11-17-36(29-37)44-30-43(49-47(50-44)35-15-5-2-6-16-35)33-26-24-32(25-27-33)38-19-12-28-48-31-38/h1-31H. The molecule has 3 nitrogen and oxygen atoms in total. The number of aromatic nitrogens is 3. The van der Waals surface area contributed by atoms with Crippen molar-refractivity contribution in [3.05, 3.63) is 188 Å². The Bertz CT molecular complexity index is 2560. The third kappa shape index (κ3) is 5.41. The van der Waals surface area contributed by atoms with Crippen LogP contribution in [0.5, 0.6) is 0 Å². The molecule has 0 radical (unpaired) electrons. The van der Waals surface area contributed by atoms with E-state index in [9.17, 15) is 0 Å². The van der Waals surface area contributed by atoms with E-state index in [4.69, 9.17) is 9.97 Å². The molecule has 0 aliphatic heterocycles. The molecule has 2 aromatic heterocycles. The van der Waals surface area contributed by atoms with Crippen molar-refractivity contribution in [2.45, 2.75) is 0 Å². The second kappa shape index (κ2) is 12.7. The first kappa shape index (κ1) is 29.4. The van der Waals surface area contributed by atoms with Crippen LogP contribution in [-0.4, -0.2) is 15.0 Å². The average Bonchev–Trinajstić information content (AvgIpc) is 3.21. The van der Waals surface area contributed by atoms with Crippen molar-refractivity contribution in [1.82, 2.24) is 15.0 Å². The van der Waals surface area contributed by atoms with Crippen molar-refractivity contribution < 1.29 is 0 Å². The first-order chi connectivity index (χ1) is 24.8. The summed E-state index contributed by atoms with van der Waals surface area (Å²) in [7, 11) is 0. The second-order valence-corrected chi connectivity index (χ2v) is 12.4. The Balaban J connectivity index is 1.22. The number of nitrogens with zero attached hydrogens (tertiary/aromatic N) is 3. The summed E-state index contributed by atoms with van der Waals surface area (Å²) in [4.78, 5) is 14.5. The summed E-state index contributed by atoms with van der Waals surface area (Å²) in [6.45, 7) is 0. The number of pyridine rings is 1. The lowest BCUT2D eigenvalue weighted by Crippen LogP contribution is -1.96. The Morgan fingerprint density at radius 1 is 0.300 bits per heavy atom. The van der Waals surface area contributed by atoms with Gasteiger partial charge in [-0.15, -0.1) is 0 Å². The van der Waals surface area contributed by atoms with Gasteiger partial charge >= 0.3 is 0 Å². The Morgan fingerprint density at radius 2 is 0.780 bits per heavy atom. The molecule has 7 aromatic carbocycles. The molecule has 0 N–H and O–H groups in total. The Labute approximate surface area is 291 Å². The summed E-state index contributed by atoms with van der Waals surface area (Å²) in [5.41, 5.74) is 11.9. The maximum absolute atomic E-state index is 5.16. The molecule has 0 saturated heterocycles. The third-order valence-corrected chi connectivity index (χ3v) is 9.37. The molecule has 0 fully saturated rings. The maximum Gasteiger partial charge on any atom is 0.160 e. The quantitative estimate of drug-likeness (QED) is 0.170. The van der Waals surface area contributed by atoms with E-state index in [0.29, 0.717) is 5.82 Å². The number of hydrogen-bond donors (Lipinski definition) is 0. The van der Waals surface area contributed by atoms with Crippen molar-refractivity contribution in [3.63, 3.8) is 0 Å². The molecule has 0 atom stereocenters. The zero-order valence-corrected chi connectivity index (χ0v) is 27.2. The highest BCUT2D eigenvalue weighted by molar-refractivity contribution is 6.21. The van der Waals surface area contributed by atoms with Crippen LogP contribution in [0.15, 0.2) is 188 Å². The Morgan fingerprint density at radius 3 is 1.38 bits per heavy atom. The van der Waals surface area contributed by atoms with Crippen molar-refractivity contribution >= 4 is 21.5 Å². The fraction of sp³-hybridized carbons (Fsp3) is 0. The lowest BCUT2D eigenvalue weighted by Gasteiger charge is -2.18. The number of benzene rings is 7. The monoisotopic (exact) mass is 637 g/mol. The van der Waals surface area contributed by atoms with Gasteiger partial charge in [0.05, 0.1) is 11.4 Å². The van der Waals surface area contributed by atoms with E-state index < -0.39 is 0 Å². The van der Waals surface area contributed by atoms with E-state index in [0.717, 1.165) is 44.8 Å². The smallest absolute Gasteiger partial charge is 0.160 e. The fourth-order valence-electron chi connectivity index (χ4n) is 7.02. The van der Waals surface area contributed by atoms with Crippen LogP contribution in [0.25, 0.3) is 88.8 Å². The van der Waals surface area contributed by atoms with Crippen LogP contribution in [0, 0.1) is 0 Å². The minimum atomic E-state index is 0.697. The van der Waals surface area contributed by atoms with Gasteiger partial charge in [-0.2, -0.15) is 0 Å². The van der Waals surface area contributed by atoms with Gasteiger partial charge in [0.25, 0.3) is 0 Å². The molecule has 2 heterocycles. The van der Waals surface area contributed by atoms with Gasteiger partial charge in [-0.25, -0.2) is 9.97 Å². The minimum absolute atomic E-state index is 0.697. The summed E-state index contributed by atoms with van der Waals surface area (Å²) >= 11 is 0. The number of fused-ring (bicyclic) bond motifs is 2. The molecule has 9 rings (SSSR count). The molecule has 0 aliphatic rings. The molecule has 0 aliphatic carbocycles. The van der Waals surface area contributed by atoms with E-state index in [1.165, 1.54) is 38.2 Å². The fourth-order valence-corrected chi connectivity index (χ4v) is 7.02. The van der Waals surface area contributed by atoms with Crippen LogP contribution in [0.1, 0.15) is 0 Å². The summed E-state index contributed by atoms with van der Waals surface area (Å²) in [6.07, 6.45) is 3.69. The number of hydrogen-bond acceptors (Lipinski definition) is 3. The van der Waals surface area contributed by atoms with Gasteiger partial charge in [0.2, 0.25) is 0 Å². The molecule has 0 spiro atoms. The molecule has 0 saturated carbocycles. The van der Waals surface area contributed by atoms with E-state index in [1.807, 2.05) is 30.5 Å². The van der Waals surface area contributed by atoms with Gasteiger partial charge in [0.1, 0.15) is 0 Å². The van der Waals surface area contributed by atoms with E-state index in [2.05, 4.69) is 157 Å². The predicted molar refractivity (Wildman–Crippen MR) is 207 cm³/mol. The Hall–Kier alpha value is -6.71. The average molecular weight is 638 g/mol. The molecule has 9 aromatic rings. The zero-order chi connectivity index (χ0) is 33.3. The highest BCUT2D eigenvalue weighted by Crippen LogP contribution is 2.44. The van der Waals surface area contributed by atoms with E-state index in [-0.39, 0.29) is 0 Å². The van der Waals surface area contributed by atoms with Crippen LogP contribution < -0.4 is 0 Å². The van der Waals surface area contributed by atoms with Crippen LogP contribution >= 0.6 is 0 Å². The molecular formula is C47H31N3. The van der Waals surface area contributed by atoms with Gasteiger partial charge in [0.15, 0.2) is 5.82 Å². The predicted octanol–water partition coefficient (Wildman–Crippen LogP) is 12.2. The highest BCUT2D eigenvalue weighted by atomic mass is 14.9. The van der Waals surface area contributed by atoms with Crippen LogP contribution in [0.4, 0.5) is 0 Å². The van der Waals surface area contributed by atoms with Crippen molar-refractivity contribution in [3.8, 4) is 67.3 Å². The SMILES string of the molecule is c1ccc(-c2nc(-c3ccc(-c4cccnc4)cc3)cc(-c3cccc(-c4c5ccccc5c(-c5ccccc5)c5ccccc45)c3)n2)cc1. The first-order valence-electron chi connectivity index (χ1n) is 16.9. The molecule has 0 bridgehead atoms. The third-order valence-electron chi connectivity index (χ3n) is 9.37. The summed E-state index contributed by atoms with van der Waals surface area (Å²) in [5, 5.41) is 4.93. The van der Waals surface area contributed by atoms with Crippen molar-refractivity contribution in [2.75, 3.05) is 0 Å². The van der Waals surface area contributed by atoms with Gasteiger partial charge in [-0.1, -0.05) is 158 Å². The van der Waals surface area contributed by atoms with Crippen molar-refractivity contribution in [1.29, 1.82) is 0 Å². The lowest BCUT2D eigenvalue weighted by atomic mass is 9.85. The minimum Gasteiger partial charge on any atom is -0.264 e. The maximum atomic E-state index is 5.16. The summed E-state index contributed by atoms with van der Waals surface area (Å²) in [6, 6.07) is 62.0. The molecule has 0 amide bonds. The van der Waals surface area contributed by atoms with E-state index >= 15 is 0 Å². The lowest BCUT2D eigenvalue weighted by molar-refractivity contribution is 1.18. The molecule has 0 unspecified atom stereocenters. The molecular weight excluding hydrogens is 607 g/mol. The molecule has 50 heavy (non-hydrogen) atoms. The molecule has 234 valence electrons. The van der Waals surface area contributed by atoms with Gasteiger partial charge in [-0.3, -0.25) is 4.98 Å². The molecule has 3 heteroatoms. The van der Waals surface area contributed by atoms with Crippen LogP contribution in [0.2, 0.25) is 0 Å². The van der Waals surface area contributed by atoms with E-state index in [1.54, 1.807) is 6.20 Å². The Kier molecular flexibility index (Phi) is 7.49. The van der Waals surface area contributed by atoms with Gasteiger partial charge in [0, 0.05) is 29.1 Å². The normalized spacial score (nSPS) is 11.2. The largest absolute Gasteiger partial charge is 0.264 e.